The van der Waals surface area contributed by atoms with Crippen molar-refractivity contribution >= 4 is 6.03 Å². The Bertz CT molecular complexity index is 506. The first-order valence-corrected chi connectivity index (χ1v) is 7.43. The molecule has 0 unspecified atom stereocenters. The Morgan fingerprint density at radius 3 is 2.74 bits per heavy atom. The van der Waals surface area contributed by atoms with Crippen molar-refractivity contribution in [2.24, 2.45) is 0 Å². The van der Waals surface area contributed by atoms with Crippen LogP contribution in [0.1, 0.15) is 13.8 Å². The quantitative estimate of drug-likeness (QED) is 0.890. The van der Waals surface area contributed by atoms with E-state index in [0.29, 0.717) is 6.54 Å². The number of rotatable bonds is 4. The highest BCUT2D eigenvalue weighted by Gasteiger charge is 2.36. The molecule has 7 nitrogen and oxygen atoms in total. The van der Waals surface area contributed by atoms with Gasteiger partial charge in [-0.2, -0.15) is 18.3 Å². The molecule has 23 heavy (non-hydrogen) atoms. The minimum atomic E-state index is -4.22. The Kier molecular flexibility index (Phi) is 5.45. The molecule has 0 saturated carbocycles. The van der Waals surface area contributed by atoms with Gasteiger partial charge in [0.1, 0.15) is 12.7 Å². The fourth-order valence-electron chi connectivity index (χ4n) is 2.60. The van der Waals surface area contributed by atoms with Crippen molar-refractivity contribution in [1.29, 1.82) is 0 Å². The number of nitrogens with zero attached hydrogens (tertiary/aromatic N) is 5. The van der Waals surface area contributed by atoms with Crippen molar-refractivity contribution in [2.45, 2.75) is 38.7 Å². The number of alkyl halides is 3. The molecule has 0 aromatic carbocycles. The van der Waals surface area contributed by atoms with Gasteiger partial charge in [-0.05, 0) is 13.8 Å². The first-order valence-electron chi connectivity index (χ1n) is 7.43. The van der Waals surface area contributed by atoms with E-state index in [0.717, 1.165) is 0 Å². The van der Waals surface area contributed by atoms with E-state index in [2.05, 4.69) is 15.4 Å². The molecule has 2 amide bonds. The lowest BCUT2D eigenvalue weighted by Crippen LogP contribution is -2.58. The molecule has 2 atom stereocenters. The smallest absolute Gasteiger partial charge is 0.334 e. The highest BCUT2D eigenvalue weighted by Crippen LogP contribution is 2.20. The minimum Gasteiger partial charge on any atom is -0.334 e. The Hall–Kier alpha value is -1.84. The van der Waals surface area contributed by atoms with E-state index in [1.54, 1.807) is 22.8 Å². The lowest BCUT2D eigenvalue weighted by Gasteiger charge is -2.40. The average molecular weight is 334 g/mol. The van der Waals surface area contributed by atoms with Crippen LogP contribution >= 0.6 is 0 Å². The first kappa shape index (κ1) is 17.5. The van der Waals surface area contributed by atoms with E-state index in [1.165, 1.54) is 11.2 Å². The number of hydrogen-bond acceptors (Lipinski definition) is 4. The maximum Gasteiger partial charge on any atom is 0.401 e. The molecular formula is C13H21F3N6O. The van der Waals surface area contributed by atoms with Crippen molar-refractivity contribution in [3.05, 3.63) is 12.7 Å². The zero-order valence-corrected chi connectivity index (χ0v) is 13.1. The van der Waals surface area contributed by atoms with E-state index in [1.807, 2.05) is 6.92 Å². The molecule has 0 bridgehead atoms. The third kappa shape index (κ3) is 5.38. The highest BCUT2D eigenvalue weighted by molar-refractivity contribution is 5.74. The topological polar surface area (TPSA) is 66.3 Å². The maximum atomic E-state index is 12.5. The Balaban J connectivity index is 1.80. The monoisotopic (exact) mass is 334 g/mol. The number of halogens is 3. The zero-order chi connectivity index (χ0) is 17.0. The standard InChI is InChI=1S/C13H21F3N6O/c1-10(5-22-9-17-8-18-22)19-12(23)20-3-4-21(11(2)6-20)7-13(14,15)16/h8-11H,3-7H2,1-2H3,(H,19,23)/t10-,11-/m0/s1. The molecule has 1 fully saturated rings. The van der Waals surface area contributed by atoms with Crippen molar-refractivity contribution in [1.82, 2.24) is 29.9 Å². The normalized spacial score (nSPS) is 21.3. The van der Waals surface area contributed by atoms with Crippen molar-refractivity contribution in [2.75, 3.05) is 26.2 Å². The third-order valence-electron chi connectivity index (χ3n) is 3.73. The molecule has 0 aliphatic carbocycles. The fourth-order valence-corrected chi connectivity index (χ4v) is 2.60. The summed E-state index contributed by atoms with van der Waals surface area (Å²) in [6.07, 6.45) is -1.25. The summed E-state index contributed by atoms with van der Waals surface area (Å²) >= 11 is 0. The molecule has 1 aromatic heterocycles. The summed E-state index contributed by atoms with van der Waals surface area (Å²) in [5.41, 5.74) is 0. The average Bonchev–Trinajstić information content (AvgIpc) is 2.92. The molecule has 2 rings (SSSR count). The van der Waals surface area contributed by atoms with Gasteiger partial charge < -0.3 is 10.2 Å². The van der Waals surface area contributed by atoms with Gasteiger partial charge in [0.2, 0.25) is 0 Å². The second-order valence-electron chi connectivity index (χ2n) is 5.85. The summed E-state index contributed by atoms with van der Waals surface area (Å²) in [5, 5.41) is 6.79. The predicted octanol–water partition coefficient (Wildman–Crippen LogP) is 0.945. The molecule has 10 heteroatoms. The summed E-state index contributed by atoms with van der Waals surface area (Å²) in [5.74, 6) is 0. The van der Waals surface area contributed by atoms with Gasteiger partial charge in [-0.1, -0.05) is 0 Å². The van der Waals surface area contributed by atoms with E-state index >= 15 is 0 Å². The van der Waals surface area contributed by atoms with Crippen LogP contribution in [0.2, 0.25) is 0 Å². The molecule has 130 valence electrons. The third-order valence-corrected chi connectivity index (χ3v) is 3.73. The molecule has 1 aromatic rings. The zero-order valence-electron chi connectivity index (χ0n) is 13.1. The highest BCUT2D eigenvalue weighted by atomic mass is 19.4. The molecule has 1 N–H and O–H groups in total. The van der Waals surface area contributed by atoms with Crippen LogP contribution in [0.25, 0.3) is 0 Å². The molecule has 0 spiro atoms. The van der Waals surface area contributed by atoms with Crippen LogP contribution in [0.15, 0.2) is 12.7 Å². The number of nitrogens with one attached hydrogen (secondary N) is 1. The number of carbonyl (C=O) groups is 1. The van der Waals surface area contributed by atoms with Gasteiger partial charge in [-0.15, -0.1) is 0 Å². The number of aromatic nitrogens is 3. The minimum absolute atomic E-state index is 0.160. The summed E-state index contributed by atoms with van der Waals surface area (Å²) in [6.45, 7) is 3.85. The van der Waals surface area contributed by atoms with E-state index in [4.69, 9.17) is 0 Å². The van der Waals surface area contributed by atoms with Gasteiger partial charge in [0.25, 0.3) is 0 Å². The van der Waals surface area contributed by atoms with Crippen molar-refractivity contribution in [3.63, 3.8) is 0 Å². The van der Waals surface area contributed by atoms with Gasteiger partial charge >= 0.3 is 12.2 Å². The van der Waals surface area contributed by atoms with Gasteiger partial charge in [0, 0.05) is 31.7 Å². The van der Waals surface area contributed by atoms with Crippen LogP contribution in [0.3, 0.4) is 0 Å². The second kappa shape index (κ2) is 7.16. The Morgan fingerprint density at radius 2 is 2.17 bits per heavy atom. The fraction of sp³-hybridized carbons (Fsp3) is 0.769. The molecular weight excluding hydrogens is 313 g/mol. The van der Waals surface area contributed by atoms with Crippen LogP contribution in [0.4, 0.5) is 18.0 Å². The van der Waals surface area contributed by atoms with Crippen molar-refractivity contribution < 1.29 is 18.0 Å². The first-order chi connectivity index (χ1) is 10.7. The van der Waals surface area contributed by atoms with E-state index in [9.17, 15) is 18.0 Å². The number of urea groups is 1. The number of carbonyl (C=O) groups excluding carboxylic acids is 1. The van der Waals surface area contributed by atoms with Gasteiger partial charge in [0.15, 0.2) is 0 Å². The lowest BCUT2D eigenvalue weighted by atomic mass is 10.2. The van der Waals surface area contributed by atoms with Crippen molar-refractivity contribution in [3.8, 4) is 0 Å². The molecule has 1 aliphatic rings. The second-order valence-corrected chi connectivity index (χ2v) is 5.85. The largest absolute Gasteiger partial charge is 0.401 e. The summed E-state index contributed by atoms with van der Waals surface area (Å²) in [7, 11) is 0. The van der Waals surface area contributed by atoms with Crippen LogP contribution in [-0.2, 0) is 6.54 Å². The number of hydrogen-bond donors (Lipinski definition) is 1. The Labute approximate surface area is 132 Å². The summed E-state index contributed by atoms with van der Waals surface area (Å²) < 4.78 is 39.0. The lowest BCUT2D eigenvalue weighted by molar-refractivity contribution is -0.153. The van der Waals surface area contributed by atoms with Gasteiger partial charge in [-0.3, -0.25) is 9.58 Å². The number of amides is 2. The van der Waals surface area contributed by atoms with Crippen LogP contribution in [0, 0.1) is 0 Å². The van der Waals surface area contributed by atoms with Crippen LogP contribution in [0.5, 0.6) is 0 Å². The number of piperazine rings is 1. The Morgan fingerprint density at radius 1 is 1.43 bits per heavy atom. The molecule has 1 aliphatic heterocycles. The predicted molar refractivity (Wildman–Crippen MR) is 76.7 cm³/mol. The van der Waals surface area contributed by atoms with Crippen LogP contribution < -0.4 is 5.32 Å². The van der Waals surface area contributed by atoms with Gasteiger partial charge in [0.05, 0.1) is 13.1 Å². The van der Waals surface area contributed by atoms with E-state index in [-0.39, 0.29) is 37.7 Å². The van der Waals surface area contributed by atoms with E-state index < -0.39 is 12.7 Å². The maximum absolute atomic E-state index is 12.5. The summed E-state index contributed by atoms with van der Waals surface area (Å²) in [6, 6.07) is -0.759. The van der Waals surface area contributed by atoms with Crippen LogP contribution in [-0.4, -0.2) is 75.0 Å². The summed E-state index contributed by atoms with van der Waals surface area (Å²) in [4.78, 5) is 18.9. The van der Waals surface area contributed by atoms with Gasteiger partial charge in [-0.25, -0.2) is 9.78 Å². The SMILES string of the molecule is C[C@@H](Cn1cncn1)NC(=O)N1CCN(CC(F)(F)F)[C@@H](C)C1. The molecule has 1 saturated heterocycles. The molecule has 0 radical (unpaired) electrons. The molecule has 2 heterocycles.